The highest BCUT2D eigenvalue weighted by atomic mass is 16.5. The molecule has 5 nitrogen and oxygen atoms in total. The van der Waals surface area contributed by atoms with Crippen molar-refractivity contribution in [2.45, 2.75) is 44.8 Å². The van der Waals surface area contributed by atoms with E-state index in [1.165, 1.54) is 19.3 Å². The summed E-state index contributed by atoms with van der Waals surface area (Å²) in [7, 11) is 0. The lowest BCUT2D eigenvalue weighted by atomic mass is 9.70. The predicted octanol–water partition coefficient (Wildman–Crippen LogP) is 2.71. The lowest BCUT2D eigenvalue weighted by molar-refractivity contribution is -0.00779. The number of benzene rings is 1. The van der Waals surface area contributed by atoms with Gasteiger partial charge in [0.2, 0.25) is 0 Å². The number of amides is 2. The molecule has 24 heavy (non-hydrogen) atoms. The predicted molar refractivity (Wildman–Crippen MR) is 92.7 cm³/mol. The molecular formula is C19H28N2O3. The largest absolute Gasteiger partial charge is 0.388 e. The highest BCUT2D eigenvalue weighted by Crippen LogP contribution is 2.39. The molecule has 1 aromatic rings. The molecule has 2 fully saturated rings. The molecule has 0 aromatic heterocycles. The number of rotatable bonds is 5. The number of carbonyl (C=O) groups excluding carboxylic acids is 1. The Hall–Kier alpha value is -1.59. The molecule has 1 saturated carbocycles. The van der Waals surface area contributed by atoms with Crippen LogP contribution in [-0.4, -0.2) is 48.4 Å². The van der Waals surface area contributed by atoms with Gasteiger partial charge in [-0.2, -0.15) is 0 Å². The van der Waals surface area contributed by atoms with Gasteiger partial charge >= 0.3 is 6.03 Å². The fraction of sp³-hybridized carbons (Fsp3) is 0.632. The van der Waals surface area contributed by atoms with Gasteiger partial charge in [-0.05, 0) is 23.8 Å². The number of ether oxygens (including phenoxy) is 1. The summed E-state index contributed by atoms with van der Waals surface area (Å²) in [5, 5.41) is 13.6. The van der Waals surface area contributed by atoms with Crippen molar-refractivity contribution in [3.05, 3.63) is 35.9 Å². The van der Waals surface area contributed by atoms with E-state index in [1.54, 1.807) is 0 Å². The lowest BCUT2D eigenvalue weighted by Gasteiger charge is -2.41. The molecule has 1 aliphatic heterocycles. The third kappa shape index (κ3) is 4.08. The number of hydrogen-bond acceptors (Lipinski definition) is 3. The van der Waals surface area contributed by atoms with Crippen LogP contribution in [-0.2, 0) is 4.74 Å². The molecule has 0 radical (unpaired) electrons. The van der Waals surface area contributed by atoms with Gasteiger partial charge in [-0.1, -0.05) is 43.7 Å². The van der Waals surface area contributed by atoms with E-state index in [0.717, 1.165) is 12.1 Å². The molecule has 0 spiro atoms. The van der Waals surface area contributed by atoms with Gasteiger partial charge in [0.1, 0.15) is 0 Å². The van der Waals surface area contributed by atoms with Crippen molar-refractivity contribution in [2.24, 2.45) is 5.41 Å². The van der Waals surface area contributed by atoms with Gasteiger partial charge in [-0.15, -0.1) is 0 Å². The Morgan fingerprint density at radius 2 is 2.17 bits per heavy atom. The van der Waals surface area contributed by atoms with Gasteiger partial charge in [-0.3, -0.25) is 0 Å². The highest BCUT2D eigenvalue weighted by Gasteiger charge is 2.34. The Morgan fingerprint density at radius 3 is 2.83 bits per heavy atom. The molecule has 1 saturated heterocycles. The van der Waals surface area contributed by atoms with Crippen molar-refractivity contribution in [1.29, 1.82) is 0 Å². The summed E-state index contributed by atoms with van der Waals surface area (Å²) in [6, 6.07) is 9.46. The molecular weight excluding hydrogens is 304 g/mol. The van der Waals surface area contributed by atoms with E-state index in [9.17, 15) is 9.90 Å². The van der Waals surface area contributed by atoms with Crippen LogP contribution in [0.4, 0.5) is 4.79 Å². The van der Waals surface area contributed by atoms with Gasteiger partial charge < -0.3 is 20.1 Å². The lowest BCUT2D eigenvalue weighted by Crippen LogP contribution is -2.54. The molecule has 1 aliphatic carbocycles. The fourth-order valence-electron chi connectivity index (χ4n) is 3.53. The maximum absolute atomic E-state index is 12.6. The minimum Gasteiger partial charge on any atom is -0.388 e. The first-order chi connectivity index (χ1) is 11.6. The highest BCUT2D eigenvalue weighted by molar-refractivity contribution is 5.74. The van der Waals surface area contributed by atoms with E-state index in [0.29, 0.717) is 26.2 Å². The quantitative estimate of drug-likeness (QED) is 0.871. The monoisotopic (exact) mass is 332 g/mol. The van der Waals surface area contributed by atoms with Crippen LogP contribution in [0.2, 0.25) is 0 Å². The van der Waals surface area contributed by atoms with Crippen LogP contribution in [0, 0.1) is 5.41 Å². The molecule has 0 bridgehead atoms. The summed E-state index contributed by atoms with van der Waals surface area (Å²) in [6.45, 7) is 4.58. The van der Waals surface area contributed by atoms with Gasteiger partial charge in [0, 0.05) is 19.5 Å². The fourth-order valence-corrected chi connectivity index (χ4v) is 3.53. The maximum Gasteiger partial charge on any atom is 0.317 e. The zero-order valence-electron chi connectivity index (χ0n) is 14.4. The summed E-state index contributed by atoms with van der Waals surface area (Å²) >= 11 is 0. The minimum absolute atomic E-state index is 0.0308. The van der Waals surface area contributed by atoms with Crippen LogP contribution in [0.1, 0.15) is 44.3 Å². The summed E-state index contributed by atoms with van der Waals surface area (Å²) < 4.78 is 5.54. The van der Waals surface area contributed by atoms with Crippen molar-refractivity contribution in [2.75, 3.05) is 26.3 Å². The number of aliphatic hydroxyl groups is 1. The van der Waals surface area contributed by atoms with Crippen LogP contribution in [0.3, 0.4) is 0 Å². The van der Waals surface area contributed by atoms with Gasteiger partial charge in [-0.25, -0.2) is 4.79 Å². The second-order valence-electron chi connectivity index (χ2n) is 7.41. The summed E-state index contributed by atoms with van der Waals surface area (Å²) in [5.74, 6) is 0. The topological polar surface area (TPSA) is 61.8 Å². The van der Waals surface area contributed by atoms with Crippen molar-refractivity contribution in [1.82, 2.24) is 10.2 Å². The van der Waals surface area contributed by atoms with Crippen molar-refractivity contribution in [3.63, 3.8) is 0 Å². The van der Waals surface area contributed by atoms with E-state index < -0.39 is 6.10 Å². The Bertz CT molecular complexity index is 545. The van der Waals surface area contributed by atoms with Crippen LogP contribution < -0.4 is 5.32 Å². The zero-order valence-corrected chi connectivity index (χ0v) is 14.4. The van der Waals surface area contributed by atoms with Crippen LogP contribution in [0.15, 0.2) is 30.3 Å². The van der Waals surface area contributed by atoms with Crippen molar-refractivity contribution >= 4 is 6.03 Å². The molecule has 2 N–H and O–H groups in total. The van der Waals surface area contributed by atoms with E-state index in [1.807, 2.05) is 35.2 Å². The number of aliphatic hydroxyl groups excluding tert-OH is 1. The number of nitrogens with one attached hydrogen (secondary N) is 1. The van der Waals surface area contributed by atoms with Crippen LogP contribution >= 0.6 is 0 Å². The van der Waals surface area contributed by atoms with E-state index >= 15 is 0 Å². The molecule has 2 unspecified atom stereocenters. The van der Waals surface area contributed by atoms with E-state index in [-0.39, 0.29) is 17.5 Å². The van der Waals surface area contributed by atoms with Gasteiger partial charge in [0.15, 0.2) is 0 Å². The van der Waals surface area contributed by atoms with Crippen LogP contribution in [0.25, 0.3) is 0 Å². The normalized spacial score (nSPS) is 24.1. The zero-order chi connectivity index (χ0) is 17.0. The van der Waals surface area contributed by atoms with E-state index in [2.05, 4.69) is 12.2 Å². The minimum atomic E-state index is -0.586. The molecule has 2 aliphatic rings. The number of hydrogen-bond donors (Lipinski definition) is 2. The third-order valence-corrected chi connectivity index (χ3v) is 5.40. The Balaban J connectivity index is 1.57. The standard InChI is InChI=1S/C19H28N2O3/c1-19(8-5-9-19)14-20-18(23)21-10-11-24-13-16(21)12-17(22)15-6-3-2-4-7-15/h2-4,6-7,16-17,22H,5,8-14H2,1H3,(H,20,23). The molecule has 2 atom stereocenters. The maximum atomic E-state index is 12.6. The smallest absolute Gasteiger partial charge is 0.317 e. The first kappa shape index (κ1) is 17.2. The number of nitrogens with zero attached hydrogens (tertiary/aromatic N) is 1. The summed E-state index contributed by atoms with van der Waals surface area (Å²) in [4.78, 5) is 14.4. The molecule has 1 heterocycles. The first-order valence-corrected chi connectivity index (χ1v) is 8.93. The Labute approximate surface area is 144 Å². The Kier molecular flexibility index (Phi) is 5.41. The first-order valence-electron chi connectivity index (χ1n) is 8.93. The number of carbonyl (C=O) groups is 1. The van der Waals surface area contributed by atoms with Crippen molar-refractivity contribution < 1.29 is 14.6 Å². The molecule has 3 rings (SSSR count). The third-order valence-electron chi connectivity index (χ3n) is 5.40. The average molecular weight is 332 g/mol. The average Bonchev–Trinajstić information content (AvgIpc) is 2.59. The number of morpholine rings is 1. The molecule has 1 aromatic carbocycles. The van der Waals surface area contributed by atoms with Gasteiger partial charge in [0.05, 0.1) is 25.4 Å². The number of urea groups is 1. The van der Waals surface area contributed by atoms with Crippen LogP contribution in [0.5, 0.6) is 0 Å². The molecule has 2 amide bonds. The SMILES string of the molecule is CC1(CNC(=O)N2CCOCC2CC(O)c2ccccc2)CCC1. The Morgan fingerprint density at radius 1 is 1.42 bits per heavy atom. The second-order valence-corrected chi connectivity index (χ2v) is 7.41. The van der Waals surface area contributed by atoms with Gasteiger partial charge in [0.25, 0.3) is 0 Å². The second kappa shape index (κ2) is 7.53. The summed E-state index contributed by atoms with van der Waals surface area (Å²) in [5.41, 5.74) is 1.14. The van der Waals surface area contributed by atoms with Crippen molar-refractivity contribution in [3.8, 4) is 0 Å². The summed E-state index contributed by atoms with van der Waals surface area (Å²) in [6.07, 6.45) is 3.54. The molecule has 132 valence electrons. The van der Waals surface area contributed by atoms with E-state index in [4.69, 9.17) is 4.74 Å². The molecule has 5 heteroatoms.